The van der Waals surface area contributed by atoms with Gasteiger partial charge in [0.1, 0.15) is 5.82 Å². The Balaban J connectivity index is 1.92. The van der Waals surface area contributed by atoms with Gasteiger partial charge in [-0.05, 0) is 36.5 Å². The molecule has 1 nitrogen and oxygen atoms in total. The molecule has 0 spiro atoms. The lowest BCUT2D eigenvalue weighted by Gasteiger charge is -2.43. The van der Waals surface area contributed by atoms with Crippen molar-refractivity contribution in [3.8, 4) is 6.07 Å². The summed E-state index contributed by atoms with van der Waals surface area (Å²) < 4.78 is 14.0. The molecule has 2 aromatic carbocycles. The molecule has 2 aromatic rings. The van der Waals surface area contributed by atoms with Crippen molar-refractivity contribution in [3.05, 3.63) is 70.5 Å². The lowest BCUT2D eigenvalue weighted by Crippen LogP contribution is -2.39. The van der Waals surface area contributed by atoms with Crippen molar-refractivity contribution in [3.63, 3.8) is 0 Å². The zero-order valence-corrected chi connectivity index (χ0v) is 11.6. The lowest BCUT2D eigenvalue weighted by molar-refractivity contribution is 0.262. The number of hydrogen-bond acceptors (Lipinski definition) is 1. The minimum Gasteiger partial charge on any atom is -0.207 e. The predicted molar refractivity (Wildman–Crippen MR) is 77.1 cm³/mol. The Hall–Kier alpha value is -1.85. The van der Waals surface area contributed by atoms with Crippen molar-refractivity contribution in [2.45, 2.75) is 24.2 Å². The van der Waals surface area contributed by atoms with Gasteiger partial charge in [-0.2, -0.15) is 5.26 Å². The fourth-order valence-corrected chi connectivity index (χ4v) is 3.39. The van der Waals surface area contributed by atoms with Gasteiger partial charge < -0.3 is 0 Å². The molecule has 3 rings (SSSR count). The first-order valence-electron chi connectivity index (χ1n) is 6.57. The zero-order valence-electron chi connectivity index (χ0n) is 10.8. The van der Waals surface area contributed by atoms with Gasteiger partial charge >= 0.3 is 0 Å². The van der Waals surface area contributed by atoms with Gasteiger partial charge in [-0.15, -0.1) is 0 Å². The third kappa shape index (κ3) is 1.99. The van der Waals surface area contributed by atoms with Crippen molar-refractivity contribution < 1.29 is 4.39 Å². The summed E-state index contributed by atoms with van der Waals surface area (Å²) in [6.45, 7) is 0. The second-order valence-electron chi connectivity index (χ2n) is 5.31. The van der Waals surface area contributed by atoms with Crippen molar-refractivity contribution in [1.29, 1.82) is 5.26 Å². The quantitative estimate of drug-likeness (QED) is 0.776. The topological polar surface area (TPSA) is 23.8 Å². The minimum atomic E-state index is -0.789. The zero-order chi connectivity index (χ0) is 14.2. The summed E-state index contributed by atoms with van der Waals surface area (Å²) in [5.74, 6) is -0.0860. The Morgan fingerprint density at radius 2 is 1.80 bits per heavy atom. The molecule has 0 amide bonds. The van der Waals surface area contributed by atoms with Crippen LogP contribution in [-0.4, -0.2) is 0 Å². The van der Waals surface area contributed by atoms with Crippen molar-refractivity contribution in [2.75, 3.05) is 0 Å². The monoisotopic (exact) mass is 285 g/mol. The first-order chi connectivity index (χ1) is 9.66. The maximum absolute atomic E-state index is 14.0. The van der Waals surface area contributed by atoms with Crippen molar-refractivity contribution in [2.24, 2.45) is 0 Å². The van der Waals surface area contributed by atoms with E-state index in [1.165, 1.54) is 11.6 Å². The van der Waals surface area contributed by atoms with E-state index in [0.29, 0.717) is 29.3 Å². The molecule has 1 fully saturated rings. The van der Waals surface area contributed by atoms with Crippen LogP contribution in [0, 0.1) is 17.1 Å². The molecule has 1 saturated carbocycles. The van der Waals surface area contributed by atoms with Crippen LogP contribution in [-0.2, 0) is 5.41 Å². The molecule has 0 saturated heterocycles. The fourth-order valence-electron chi connectivity index (χ4n) is 3.05. The molecule has 100 valence electrons. The summed E-state index contributed by atoms with van der Waals surface area (Å²) in [5, 5.41) is 9.87. The van der Waals surface area contributed by atoms with Gasteiger partial charge in [-0.25, -0.2) is 4.39 Å². The molecule has 20 heavy (non-hydrogen) atoms. The van der Waals surface area contributed by atoms with Gasteiger partial charge in [-0.3, -0.25) is 0 Å². The van der Waals surface area contributed by atoms with Crippen LogP contribution >= 0.6 is 11.6 Å². The Kier molecular flexibility index (Phi) is 3.23. The second-order valence-corrected chi connectivity index (χ2v) is 5.71. The number of nitrogens with zero attached hydrogens (tertiary/aromatic N) is 1. The van der Waals surface area contributed by atoms with Gasteiger partial charge in [0.05, 0.1) is 11.5 Å². The minimum absolute atomic E-state index is 0.298. The Morgan fingerprint density at radius 3 is 2.40 bits per heavy atom. The van der Waals surface area contributed by atoms with Crippen molar-refractivity contribution >= 4 is 11.6 Å². The average molecular weight is 286 g/mol. The first kappa shape index (κ1) is 13.1. The van der Waals surface area contributed by atoms with E-state index in [4.69, 9.17) is 11.6 Å². The van der Waals surface area contributed by atoms with E-state index in [1.54, 1.807) is 12.1 Å². The van der Waals surface area contributed by atoms with E-state index in [2.05, 4.69) is 18.2 Å². The van der Waals surface area contributed by atoms with Crippen LogP contribution < -0.4 is 0 Å². The summed E-state index contributed by atoms with van der Waals surface area (Å²) in [5.41, 5.74) is 0.769. The second kappa shape index (κ2) is 4.92. The molecule has 0 atom stereocenters. The van der Waals surface area contributed by atoms with Crippen LogP contribution in [0.2, 0.25) is 5.02 Å². The molecule has 0 bridgehead atoms. The number of rotatable bonds is 2. The highest BCUT2D eigenvalue weighted by molar-refractivity contribution is 6.31. The van der Waals surface area contributed by atoms with E-state index in [9.17, 15) is 9.65 Å². The summed E-state index contributed by atoms with van der Waals surface area (Å²) >= 11 is 6.11. The maximum atomic E-state index is 14.0. The van der Waals surface area contributed by atoms with Crippen LogP contribution in [0.5, 0.6) is 0 Å². The van der Waals surface area contributed by atoms with Crippen LogP contribution in [0.25, 0.3) is 0 Å². The highest BCUT2D eigenvalue weighted by atomic mass is 35.5. The van der Waals surface area contributed by atoms with E-state index in [-0.39, 0.29) is 5.82 Å². The molecular weight excluding hydrogens is 273 g/mol. The third-order valence-corrected chi connectivity index (χ3v) is 4.43. The summed E-state index contributed by atoms with van der Waals surface area (Å²) in [7, 11) is 0. The highest BCUT2D eigenvalue weighted by Crippen LogP contribution is 2.54. The van der Waals surface area contributed by atoms with Gasteiger partial charge in [0.2, 0.25) is 0 Å². The molecule has 3 heteroatoms. The Bertz CT molecular complexity index is 649. The van der Waals surface area contributed by atoms with E-state index in [0.717, 1.165) is 0 Å². The molecule has 0 N–H and O–H groups in total. The normalized spacial score (nSPS) is 24.8. The third-order valence-electron chi connectivity index (χ3n) is 4.12. The number of halogens is 2. The van der Waals surface area contributed by atoms with Crippen LogP contribution in [0.4, 0.5) is 4.39 Å². The summed E-state index contributed by atoms with van der Waals surface area (Å²) in [4.78, 5) is 0. The van der Waals surface area contributed by atoms with Crippen molar-refractivity contribution in [1.82, 2.24) is 0 Å². The number of benzene rings is 2. The maximum Gasteiger partial charge on any atom is 0.129 e. The summed E-state index contributed by atoms with van der Waals surface area (Å²) in [6.07, 6.45) is 1.24. The molecule has 0 aromatic heterocycles. The molecule has 1 aliphatic carbocycles. The molecule has 0 aliphatic heterocycles. The van der Waals surface area contributed by atoms with Gasteiger partial charge in [-0.1, -0.05) is 48.0 Å². The Morgan fingerprint density at radius 1 is 1.10 bits per heavy atom. The van der Waals surface area contributed by atoms with E-state index < -0.39 is 5.41 Å². The van der Waals surface area contributed by atoms with E-state index in [1.807, 2.05) is 18.2 Å². The van der Waals surface area contributed by atoms with Gasteiger partial charge in [0, 0.05) is 10.6 Å². The molecule has 0 heterocycles. The predicted octanol–water partition coefficient (Wildman–Crippen LogP) is 4.82. The van der Waals surface area contributed by atoms with Crippen LogP contribution in [0.3, 0.4) is 0 Å². The summed E-state index contributed by atoms with van der Waals surface area (Å²) in [6, 6.07) is 16.9. The average Bonchev–Trinajstić information content (AvgIpc) is 2.42. The van der Waals surface area contributed by atoms with E-state index >= 15 is 0 Å². The standard InChI is InChI=1S/C17H13ClFN/c18-14-7-4-8-15(19)16(14)17(11-20)9-13(10-17)12-5-2-1-3-6-12/h1-8,13H,9-10H2. The smallest absolute Gasteiger partial charge is 0.129 e. The largest absolute Gasteiger partial charge is 0.207 e. The molecular formula is C17H13ClFN. The number of nitriles is 1. The van der Waals surface area contributed by atoms with Gasteiger partial charge in [0.15, 0.2) is 0 Å². The SMILES string of the molecule is N#CC1(c2c(F)cccc2Cl)CC(c2ccccc2)C1. The van der Waals surface area contributed by atoms with Gasteiger partial charge in [0.25, 0.3) is 0 Å². The molecule has 0 unspecified atom stereocenters. The van der Waals surface area contributed by atoms with Crippen LogP contribution in [0.1, 0.15) is 29.9 Å². The highest BCUT2D eigenvalue weighted by Gasteiger charge is 2.49. The fraction of sp³-hybridized carbons (Fsp3) is 0.235. The van der Waals surface area contributed by atoms with Crippen LogP contribution in [0.15, 0.2) is 48.5 Å². The number of hydrogen-bond donors (Lipinski definition) is 0. The Labute approximate surface area is 122 Å². The molecule has 0 radical (unpaired) electrons. The molecule has 1 aliphatic rings. The lowest BCUT2D eigenvalue weighted by atomic mass is 9.57. The first-order valence-corrected chi connectivity index (χ1v) is 6.95.